The Bertz CT molecular complexity index is 231. The zero-order chi connectivity index (χ0) is 12.1. The summed E-state index contributed by atoms with van der Waals surface area (Å²) >= 11 is 0. The summed E-state index contributed by atoms with van der Waals surface area (Å²) in [5.74, 6) is 0.383. The van der Waals surface area contributed by atoms with Gasteiger partial charge >= 0.3 is 0 Å². The highest BCUT2D eigenvalue weighted by Gasteiger charge is 2.31. The molecule has 1 saturated heterocycles. The number of rotatable bonds is 5. The SMILES string of the molecule is CC(C)OCCN(C)C(=O)C1CCNC1C. The van der Waals surface area contributed by atoms with E-state index in [1.54, 1.807) is 4.90 Å². The largest absolute Gasteiger partial charge is 0.377 e. The highest BCUT2D eigenvalue weighted by atomic mass is 16.5. The molecule has 0 saturated carbocycles. The summed E-state index contributed by atoms with van der Waals surface area (Å²) in [7, 11) is 1.86. The van der Waals surface area contributed by atoms with Crippen molar-refractivity contribution >= 4 is 5.91 Å². The molecule has 1 amide bonds. The Morgan fingerprint density at radius 1 is 1.56 bits per heavy atom. The summed E-state index contributed by atoms with van der Waals surface area (Å²) < 4.78 is 5.44. The number of carbonyl (C=O) groups excluding carboxylic acids is 1. The molecule has 1 rings (SSSR count). The fourth-order valence-corrected chi connectivity index (χ4v) is 2.01. The van der Waals surface area contributed by atoms with E-state index in [0.717, 1.165) is 13.0 Å². The van der Waals surface area contributed by atoms with Crippen molar-refractivity contribution < 1.29 is 9.53 Å². The Morgan fingerprint density at radius 3 is 2.75 bits per heavy atom. The van der Waals surface area contributed by atoms with Gasteiger partial charge in [-0.15, -0.1) is 0 Å². The van der Waals surface area contributed by atoms with Crippen molar-refractivity contribution in [1.82, 2.24) is 10.2 Å². The van der Waals surface area contributed by atoms with Crippen LogP contribution in [-0.4, -0.2) is 49.7 Å². The third-order valence-electron chi connectivity index (χ3n) is 3.10. The molecule has 94 valence electrons. The molecule has 0 aromatic rings. The number of likely N-dealkylation sites (N-methyl/N-ethyl adjacent to an activating group) is 1. The quantitative estimate of drug-likeness (QED) is 0.759. The van der Waals surface area contributed by atoms with Crippen molar-refractivity contribution in [2.75, 3.05) is 26.7 Å². The number of nitrogens with one attached hydrogen (secondary N) is 1. The van der Waals surface area contributed by atoms with Gasteiger partial charge in [0.15, 0.2) is 0 Å². The van der Waals surface area contributed by atoms with Gasteiger partial charge in [-0.25, -0.2) is 0 Å². The van der Waals surface area contributed by atoms with E-state index in [9.17, 15) is 4.79 Å². The Hall–Kier alpha value is -0.610. The van der Waals surface area contributed by atoms with Crippen molar-refractivity contribution in [1.29, 1.82) is 0 Å². The zero-order valence-corrected chi connectivity index (χ0v) is 10.8. The zero-order valence-electron chi connectivity index (χ0n) is 10.8. The Kier molecular flexibility index (Phi) is 5.22. The first-order chi connectivity index (χ1) is 7.52. The summed E-state index contributed by atoms with van der Waals surface area (Å²) in [6.45, 7) is 8.34. The second kappa shape index (κ2) is 6.21. The molecular weight excluding hydrogens is 204 g/mol. The lowest BCUT2D eigenvalue weighted by molar-refractivity contribution is -0.135. The highest BCUT2D eigenvalue weighted by Crippen LogP contribution is 2.17. The number of carbonyl (C=O) groups is 1. The molecule has 16 heavy (non-hydrogen) atoms. The molecule has 1 aliphatic rings. The highest BCUT2D eigenvalue weighted by molar-refractivity contribution is 5.79. The lowest BCUT2D eigenvalue weighted by Crippen LogP contribution is -2.39. The fourth-order valence-electron chi connectivity index (χ4n) is 2.01. The molecule has 0 aromatic carbocycles. The summed E-state index contributed by atoms with van der Waals surface area (Å²) in [6.07, 6.45) is 1.19. The third-order valence-corrected chi connectivity index (χ3v) is 3.10. The molecule has 1 fully saturated rings. The molecule has 0 radical (unpaired) electrons. The number of amides is 1. The van der Waals surface area contributed by atoms with Gasteiger partial charge in [0.05, 0.1) is 18.6 Å². The van der Waals surface area contributed by atoms with E-state index in [4.69, 9.17) is 4.74 Å². The number of hydrogen-bond donors (Lipinski definition) is 1. The number of hydrogen-bond acceptors (Lipinski definition) is 3. The second-order valence-corrected chi connectivity index (χ2v) is 4.82. The van der Waals surface area contributed by atoms with Gasteiger partial charge < -0.3 is 15.0 Å². The van der Waals surface area contributed by atoms with Crippen molar-refractivity contribution in [3.63, 3.8) is 0 Å². The van der Waals surface area contributed by atoms with Crippen LogP contribution < -0.4 is 5.32 Å². The van der Waals surface area contributed by atoms with Crippen LogP contribution in [0.25, 0.3) is 0 Å². The van der Waals surface area contributed by atoms with E-state index in [2.05, 4.69) is 12.2 Å². The Morgan fingerprint density at radius 2 is 2.25 bits per heavy atom. The van der Waals surface area contributed by atoms with E-state index >= 15 is 0 Å². The summed E-state index contributed by atoms with van der Waals surface area (Å²) in [5, 5.41) is 3.30. The van der Waals surface area contributed by atoms with Gasteiger partial charge in [0.1, 0.15) is 0 Å². The predicted octanol–water partition coefficient (Wildman–Crippen LogP) is 0.868. The molecule has 2 unspecified atom stereocenters. The number of nitrogens with zero attached hydrogens (tertiary/aromatic N) is 1. The molecule has 0 bridgehead atoms. The Balaban J connectivity index is 2.30. The molecular formula is C12H24N2O2. The van der Waals surface area contributed by atoms with Crippen LogP contribution in [-0.2, 0) is 9.53 Å². The van der Waals surface area contributed by atoms with Crippen LogP contribution in [0.3, 0.4) is 0 Å². The first-order valence-electron chi connectivity index (χ1n) is 6.12. The molecule has 0 aliphatic carbocycles. The van der Waals surface area contributed by atoms with Gasteiger partial charge in [0, 0.05) is 19.6 Å². The second-order valence-electron chi connectivity index (χ2n) is 4.82. The minimum atomic E-state index is 0.143. The average molecular weight is 228 g/mol. The van der Waals surface area contributed by atoms with E-state index in [1.165, 1.54) is 0 Å². The predicted molar refractivity (Wildman–Crippen MR) is 64.3 cm³/mol. The van der Waals surface area contributed by atoms with Gasteiger partial charge in [-0.2, -0.15) is 0 Å². The van der Waals surface area contributed by atoms with E-state index in [1.807, 2.05) is 20.9 Å². The van der Waals surface area contributed by atoms with Crippen LogP contribution in [0.4, 0.5) is 0 Å². The monoisotopic (exact) mass is 228 g/mol. The molecule has 1 aliphatic heterocycles. The van der Waals surface area contributed by atoms with Crippen LogP contribution >= 0.6 is 0 Å². The average Bonchev–Trinajstić information content (AvgIpc) is 2.62. The van der Waals surface area contributed by atoms with Crippen molar-refractivity contribution in [2.24, 2.45) is 5.92 Å². The molecule has 0 aromatic heterocycles. The van der Waals surface area contributed by atoms with Crippen LogP contribution in [0.5, 0.6) is 0 Å². The summed E-state index contributed by atoms with van der Waals surface area (Å²) in [4.78, 5) is 13.9. The van der Waals surface area contributed by atoms with E-state index < -0.39 is 0 Å². The maximum atomic E-state index is 12.1. The van der Waals surface area contributed by atoms with Gasteiger partial charge in [-0.1, -0.05) is 0 Å². The third kappa shape index (κ3) is 3.76. The maximum Gasteiger partial charge on any atom is 0.227 e. The van der Waals surface area contributed by atoms with Crippen LogP contribution in [0, 0.1) is 5.92 Å². The van der Waals surface area contributed by atoms with Crippen molar-refractivity contribution in [3.8, 4) is 0 Å². The minimum absolute atomic E-state index is 0.143. The standard InChI is InChI=1S/C12H24N2O2/c1-9(2)16-8-7-14(4)12(15)11-5-6-13-10(11)3/h9-11,13H,5-8H2,1-4H3. The van der Waals surface area contributed by atoms with Crippen LogP contribution in [0.2, 0.25) is 0 Å². The first-order valence-corrected chi connectivity index (χ1v) is 6.12. The van der Waals surface area contributed by atoms with E-state index in [-0.39, 0.29) is 17.9 Å². The Labute approximate surface area is 98.3 Å². The first kappa shape index (κ1) is 13.5. The minimum Gasteiger partial charge on any atom is -0.377 e. The van der Waals surface area contributed by atoms with Crippen molar-refractivity contribution in [3.05, 3.63) is 0 Å². The van der Waals surface area contributed by atoms with Gasteiger partial charge in [0.25, 0.3) is 0 Å². The molecule has 1 heterocycles. The molecule has 4 heteroatoms. The fraction of sp³-hybridized carbons (Fsp3) is 0.917. The van der Waals surface area contributed by atoms with Crippen LogP contribution in [0.1, 0.15) is 27.2 Å². The lowest BCUT2D eigenvalue weighted by atomic mass is 10.0. The molecule has 2 atom stereocenters. The van der Waals surface area contributed by atoms with Gasteiger partial charge in [0.2, 0.25) is 5.91 Å². The number of ether oxygens (including phenoxy) is 1. The maximum absolute atomic E-state index is 12.1. The summed E-state index contributed by atoms with van der Waals surface area (Å²) in [5.41, 5.74) is 0. The van der Waals surface area contributed by atoms with Crippen LogP contribution in [0.15, 0.2) is 0 Å². The normalized spacial score (nSPS) is 25.1. The molecule has 1 N–H and O–H groups in total. The molecule has 4 nitrogen and oxygen atoms in total. The van der Waals surface area contributed by atoms with Gasteiger partial charge in [-0.05, 0) is 33.7 Å². The smallest absolute Gasteiger partial charge is 0.227 e. The lowest BCUT2D eigenvalue weighted by Gasteiger charge is -2.23. The topological polar surface area (TPSA) is 41.6 Å². The van der Waals surface area contributed by atoms with E-state index in [0.29, 0.717) is 19.2 Å². The van der Waals surface area contributed by atoms with Crippen molar-refractivity contribution in [2.45, 2.75) is 39.3 Å². The summed E-state index contributed by atoms with van der Waals surface area (Å²) in [6, 6.07) is 0.306. The van der Waals surface area contributed by atoms with Gasteiger partial charge in [-0.3, -0.25) is 4.79 Å². The molecule has 0 spiro atoms.